The van der Waals surface area contributed by atoms with E-state index in [-0.39, 0.29) is 24.0 Å². The molecule has 1 aromatic rings. The molecule has 0 radical (unpaired) electrons. The minimum atomic E-state index is 0. The quantitative estimate of drug-likeness (QED) is 0.246. The van der Waals surface area contributed by atoms with Gasteiger partial charge in [0.2, 0.25) is 0 Å². The number of hydrogen-bond acceptors (Lipinski definition) is 4. The lowest BCUT2D eigenvalue weighted by molar-refractivity contribution is 0.224. The van der Waals surface area contributed by atoms with Crippen molar-refractivity contribution in [1.29, 1.82) is 0 Å². The van der Waals surface area contributed by atoms with Crippen LogP contribution in [-0.2, 0) is 6.54 Å². The van der Waals surface area contributed by atoms with Crippen molar-refractivity contribution in [2.45, 2.75) is 64.8 Å². The Morgan fingerprint density at radius 1 is 1.19 bits per heavy atom. The molecule has 1 aliphatic heterocycles. The number of nitrogens with one attached hydrogen (secondary N) is 2. The third-order valence-electron chi connectivity index (χ3n) is 4.71. The van der Waals surface area contributed by atoms with Crippen LogP contribution in [0.3, 0.4) is 0 Å². The molecule has 0 aromatic carbocycles. The van der Waals surface area contributed by atoms with Crippen LogP contribution in [0.2, 0.25) is 0 Å². The highest BCUT2D eigenvalue weighted by Crippen LogP contribution is 2.13. The van der Waals surface area contributed by atoms with Gasteiger partial charge in [-0.05, 0) is 51.2 Å². The van der Waals surface area contributed by atoms with Crippen LogP contribution in [0.25, 0.3) is 0 Å². The molecular weight excluding hydrogens is 441 g/mol. The number of likely N-dealkylation sites (tertiary alicyclic amines) is 1. The fourth-order valence-electron chi connectivity index (χ4n) is 3.10. The summed E-state index contributed by atoms with van der Waals surface area (Å²) in [5, 5.41) is 10.7. The van der Waals surface area contributed by atoms with Gasteiger partial charge in [0.1, 0.15) is 0 Å². The zero-order valence-corrected chi connectivity index (χ0v) is 18.9. The van der Waals surface area contributed by atoms with Crippen molar-refractivity contribution in [3.05, 3.63) is 17.5 Å². The molecule has 0 bridgehead atoms. The summed E-state index contributed by atoms with van der Waals surface area (Å²) >= 11 is 0. The summed E-state index contributed by atoms with van der Waals surface area (Å²) in [6, 6.07) is 2.01. The maximum Gasteiger partial charge on any atom is 0.191 e. The Morgan fingerprint density at radius 3 is 2.62 bits per heavy atom. The summed E-state index contributed by atoms with van der Waals surface area (Å²) in [7, 11) is 1.80. The van der Waals surface area contributed by atoms with E-state index >= 15 is 0 Å². The molecule has 0 unspecified atom stereocenters. The largest absolute Gasteiger partial charge is 0.359 e. The second kappa shape index (κ2) is 13.4. The summed E-state index contributed by atoms with van der Waals surface area (Å²) in [4.78, 5) is 6.87. The molecule has 0 atom stereocenters. The number of rotatable bonds is 9. The van der Waals surface area contributed by atoms with E-state index in [0.29, 0.717) is 12.5 Å². The Bertz CT molecular complexity index is 512. The Kier molecular flexibility index (Phi) is 11.9. The fourth-order valence-corrected chi connectivity index (χ4v) is 3.10. The first-order chi connectivity index (χ1) is 12.2. The molecule has 1 saturated heterocycles. The van der Waals surface area contributed by atoms with Gasteiger partial charge < -0.3 is 20.1 Å². The second-order valence-corrected chi connectivity index (χ2v) is 7.19. The van der Waals surface area contributed by atoms with Crippen molar-refractivity contribution in [2.75, 3.05) is 33.2 Å². The van der Waals surface area contributed by atoms with E-state index in [9.17, 15) is 0 Å². The molecule has 2 heterocycles. The topological polar surface area (TPSA) is 65.7 Å². The van der Waals surface area contributed by atoms with Gasteiger partial charge in [-0.25, -0.2) is 0 Å². The minimum Gasteiger partial charge on any atom is -0.359 e. The average molecular weight is 477 g/mol. The van der Waals surface area contributed by atoms with E-state index in [4.69, 9.17) is 4.52 Å². The normalized spacial score (nSPS) is 15.8. The number of hydrogen-bond donors (Lipinski definition) is 2. The van der Waals surface area contributed by atoms with Crippen LogP contribution in [0.1, 0.15) is 69.7 Å². The Balaban J connectivity index is 0.00000338. The number of piperidine rings is 1. The summed E-state index contributed by atoms with van der Waals surface area (Å²) in [5.74, 6) is 2.05. The number of halogens is 1. The van der Waals surface area contributed by atoms with Crippen molar-refractivity contribution in [2.24, 2.45) is 4.99 Å². The molecule has 0 spiro atoms. The molecule has 2 rings (SSSR count). The Hall–Kier alpha value is -0.830. The first kappa shape index (κ1) is 23.2. The molecule has 1 fully saturated rings. The van der Waals surface area contributed by atoms with Gasteiger partial charge in [0, 0.05) is 19.7 Å². The van der Waals surface area contributed by atoms with Gasteiger partial charge in [0.05, 0.1) is 12.2 Å². The van der Waals surface area contributed by atoms with Gasteiger partial charge in [-0.15, -0.1) is 24.0 Å². The van der Waals surface area contributed by atoms with Crippen LogP contribution < -0.4 is 10.6 Å². The maximum absolute atomic E-state index is 5.34. The number of aromatic nitrogens is 1. The number of nitrogens with zero attached hydrogens (tertiary/aromatic N) is 3. The first-order valence-corrected chi connectivity index (χ1v) is 9.81. The third kappa shape index (κ3) is 8.70. The first-order valence-electron chi connectivity index (χ1n) is 9.81. The van der Waals surface area contributed by atoms with Gasteiger partial charge in [-0.3, -0.25) is 4.99 Å². The Morgan fingerprint density at radius 2 is 1.96 bits per heavy atom. The summed E-state index contributed by atoms with van der Waals surface area (Å²) in [6.45, 7) is 9.64. The molecule has 1 aliphatic rings. The molecule has 1 aromatic heterocycles. The van der Waals surface area contributed by atoms with Crippen molar-refractivity contribution in [1.82, 2.24) is 20.7 Å². The predicted octanol–water partition coefficient (Wildman–Crippen LogP) is 3.74. The SMILES string of the molecule is CN=C(NCCCCCN1CCCCC1)NCc1cc(C(C)C)no1.I. The van der Waals surface area contributed by atoms with Crippen LogP contribution in [0.4, 0.5) is 0 Å². The summed E-state index contributed by atoms with van der Waals surface area (Å²) in [5.41, 5.74) is 0.994. The molecule has 7 heteroatoms. The van der Waals surface area contributed by atoms with Gasteiger partial charge >= 0.3 is 0 Å². The van der Waals surface area contributed by atoms with Gasteiger partial charge in [0.25, 0.3) is 0 Å². The number of aliphatic imine (C=N–C) groups is 1. The lowest BCUT2D eigenvalue weighted by atomic mass is 10.1. The maximum atomic E-state index is 5.34. The van der Waals surface area contributed by atoms with E-state index in [1.54, 1.807) is 7.05 Å². The van der Waals surface area contributed by atoms with Crippen LogP contribution in [0.15, 0.2) is 15.6 Å². The lowest BCUT2D eigenvalue weighted by Crippen LogP contribution is -2.37. The molecule has 6 nitrogen and oxygen atoms in total. The molecule has 2 N–H and O–H groups in total. The molecular formula is C19H36IN5O. The predicted molar refractivity (Wildman–Crippen MR) is 118 cm³/mol. The van der Waals surface area contributed by atoms with E-state index in [0.717, 1.165) is 24.0 Å². The van der Waals surface area contributed by atoms with Crippen molar-refractivity contribution in [3.63, 3.8) is 0 Å². The van der Waals surface area contributed by atoms with Crippen molar-refractivity contribution < 1.29 is 4.52 Å². The standard InChI is InChI=1S/C19H35N5O.HI/c1-16(2)18-14-17(25-23-18)15-22-19(20-3)21-10-6-4-7-11-24-12-8-5-9-13-24;/h14,16H,4-13,15H2,1-3H3,(H2,20,21,22);1H. The molecule has 0 aliphatic carbocycles. The molecule has 150 valence electrons. The second-order valence-electron chi connectivity index (χ2n) is 7.19. The van der Waals surface area contributed by atoms with Crippen LogP contribution in [0.5, 0.6) is 0 Å². The van der Waals surface area contributed by atoms with E-state index in [2.05, 4.69) is 39.5 Å². The average Bonchev–Trinajstić information content (AvgIpc) is 3.11. The number of guanidine groups is 1. The van der Waals surface area contributed by atoms with Gasteiger partial charge in [0.15, 0.2) is 11.7 Å². The molecule has 0 saturated carbocycles. The van der Waals surface area contributed by atoms with E-state index in [1.807, 2.05) is 6.07 Å². The molecule has 26 heavy (non-hydrogen) atoms. The fraction of sp³-hybridized carbons (Fsp3) is 0.789. The zero-order chi connectivity index (χ0) is 17.9. The minimum absolute atomic E-state index is 0. The van der Waals surface area contributed by atoms with Crippen molar-refractivity contribution in [3.8, 4) is 0 Å². The lowest BCUT2D eigenvalue weighted by Gasteiger charge is -2.26. The number of unbranched alkanes of at least 4 members (excludes halogenated alkanes) is 2. The van der Waals surface area contributed by atoms with Gasteiger partial charge in [-0.1, -0.05) is 31.8 Å². The zero-order valence-electron chi connectivity index (χ0n) is 16.6. The smallest absolute Gasteiger partial charge is 0.191 e. The van der Waals surface area contributed by atoms with E-state index in [1.165, 1.54) is 58.2 Å². The highest BCUT2D eigenvalue weighted by Gasteiger charge is 2.09. The van der Waals surface area contributed by atoms with Gasteiger partial charge in [-0.2, -0.15) is 0 Å². The molecule has 0 amide bonds. The van der Waals surface area contributed by atoms with E-state index < -0.39 is 0 Å². The summed E-state index contributed by atoms with van der Waals surface area (Å²) in [6.07, 6.45) is 7.92. The third-order valence-corrected chi connectivity index (χ3v) is 4.71. The van der Waals surface area contributed by atoms with Crippen LogP contribution in [0, 0.1) is 0 Å². The highest BCUT2D eigenvalue weighted by molar-refractivity contribution is 14.0. The van der Waals surface area contributed by atoms with Crippen LogP contribution in [-0.4, -0.2) is 49.2 Å². The van der Waals surface area contributed by atoms with Crippen molar-refractivity contribution >= 4 is 29.9 Å². The monoisotopic (exact) mass is 477 g/mol. The Labute approximate surface area is 175 Å². The van der Waals surface area contributed by atoms with Crippen LogP contribution >= 0.6 is 24.0 Å². The summed E-state index contributed by atoms with van der Waals surface area (Å²) < 4.78 is 5.34. The highest BCUT2D eigenvalue weighted by atomic mass is 127.